The van der Waals surface area contributed by atoms with Crippen molar-refractivity contribution in [3.63, 3.8) is 0 Å². The Bertz CT molecular complexity index is 432. The van der Waals surface area contributed by atoms with Crippen molar-refractivity contribution in [2.45, 2.75) is 45.9 Å². The number of nitrogens with one attached hydrogen (secondary N) is 1. The molecular weight excluding hydrogens is 273 g/mol. The van der Waals surface area contributed by atoms with Crippen LogP contribution in [0.25, 0.3) is 0 Å². The molecule has 0 radical (unpaired) electrons. The van der Waals surface area contributed by atoms with Crippen LogP contribution in [-0.2, 0) is 11.3 Å². The van der Waals surface area contributed by atoms with Crippen molar-refractivity contribution < 1.29 is 19.0 Å². The molecule has 0 aliphatic rings. The molecule has 0 aromatic heterocycles. The van der Waals surface area contributed by atoms with E-state index in [0.29, 0.717) is 18.9 Å². The first-order valence-electron chi connectivity index (χ1n) is 7.23. The van der Waals surface area contributed by atoms with Crippen LogP contribution in [0.15, 0.2) is 18.2 Å². The van der Waals surface area contributed by atoms with Crippen molar-refractivity contribution in [2.24, 2.45) is 0 Å². The SMILES string of the molecule is CCOCC(O)COc1cc(F)cc(CNC(C)(C)C)c1. The highest BCUT2D eigenvalue weighted by molar-refractivity contribution is 5.29. The Labute approximate surface area is 126 Å². The fourth-order valence-corrected chi connectivity index (χ4v) is 1.67. The third-order valence-electron chi connectivity index (χ3n) is 2.71. The molecule has 4 nitrogen and oxygen atoms in total. The zero-order chi connectivity index (χ0) is 15.9. The number of aliphatic hydroxyl groups excluding tert-OH is 1. The van der Waals surface area contributed by atoms with Crippen LogP contribution in [0.3, 0.4) is 0 Å². The average Bonchev–Trinajstić information content (AvgIpc) is 2.39. The van der Waals surface area contributed by atoms with Crippen LogP contribution in [0.5, 0.6) is 5.75 Å². The Hall–Kier alpha value is -1.17. The largest absolute Gasteiger partial charge is 0.491 e. The number of aliphatic hydroxyl groups is 1. The lowest BCUT2D eigenvalue weighted by molar-refractivity contribution is 0.0164. The van der Waals surface area contributed by atoms with Crippen LogP contribution in [0, 0.1) is 5.82 Å². The summed E-state index contributed by atoms with van der Waals surface area (Å²) in [4.78, 5) is 0. The molecule has 0 aliphatic heterocycles. The van der Waals surface area contributed by atoms with Crippen molar-refractivity contribution in [3.05, 3.63) is 29.6 Å². The standard InChI is InChI=1S/C16H26FNO3/c1-5-20-10-14(19)11-21-15-7-12(6-13(17)8-15)9-18-16(2,3)4/h6-8,14,18-19H,5,9-11H2,1-4H3. The third kappa shape index (κ3) is 7.99. The van der Waals surface area contributed by atoms with E-state index in [1.165, 1.54) is 12.1 Å². The van der Waals surface area contributed by atoms with Gasteiger partial charge >= 0.3 is 0 Å². The molecule has 0 saturated heterocycles. The lowest BCUT2D eigenvalue weighted by atomic mass is 10.1. The lowest BCUT2D eigenvalue weighted by Crippen LogP contribution is -2.35. The molecule has 1 atom stereocenters. The minimum atomic E-state index is -0.718. The van der Waals surface area contributed by atoms with Gasteiger partial charge in [-0.2, -0.15) is 0 Å². The van der Waals surface area contributed by atoms with E-state index < -0.39 is 6.10 Å². The maximum atomic E-state index is 13.6. The minimum absolute atomic E-state index is 0.0407. The fraction of sp³-hybridized carbons (Fsp3) is 0.625. The first-order valence-corrected chi connectivity index (χ1v) is 7.23. The zero-order valence-electron chi connectivity index (χ0n) is 13.3. The summed E-state index contributed by atoms with van der Waals surface area (Å²) >= 11 is 0. The molecule has 0 spiro atoms. The van der Waals surface area contributed by atoms with Gasteiger partial charge in [-0.05, 0) is 45.4 Å². The monoisotopic (exact) mass is 299 g/mol. The number of hydrogen-bond acceptors (Lipinski definition) is 4. The van der Waals surface area contributed by atoms with Gasteiger partial charge in [-0.3, -0.25) is 0 Å². The van der Waals surface area contributed by atoms with Gasteiger partial charge < -0.3 is 19.9 Å². The van der Waals surface area contributed by atoms with Gasteiger partial charge in [0.15, 0.2) is 0 Å². The maximum absolute atomic E-state index is 13.6. The number of benzene rings is 1. The molecule has 1 aromatic carbocycles. The lowest BCUT2D eigenvalue weighted by Gasteiger charge is -2.21. The maximum Gasteiger partial charge on any atom is 0.127 e. The van der Waals surface area contributed by atoms with E-state index in [-0.39, 0.29) is 24.6 Å². The summed E-state index contributed by atoms with van der Waals surface area (Å²) in [5.41, 5.74) is 0.764. The van der Waals surface area contributed by atoms with Crippen LogP contribution in [0.4, 0.5) is 4.39 Å². The molecule has 0 bridgehead atoms. The van der Waals surface area contributed by atoms with E-state index in [4.69, 9.17) is 9.47 Å². The molecule has 1 unspecified atom stereocenters. The summed E-state index contributed by atoms with van der Waals surface area (Å²) in [7, 11) is 0. The average molecular weight is 299 g/mol. The van der Waals surface area contributed by atoms with Gasteiger partial charge in [0.2, 0.25) is 0 Å². The van der Waals surface area contributed by atoms with Crippen LogP contribution in [0.1, 0.15) is 33.3 Å². The number of hydrogen-bond donors (Lipinski definition) is 2. The molecule has 21 heavy (non-hydrogen) atoms. The third-order valence-corrected chi connectivity index (χ3v) is 2.71. The number of ether oxygens (including phenoxy) is 2. The van der Waals surface area contributed by atoms with E-state index in [9.17, 15) is 9.50 Å². The molecule has 0 aliphatic carbocycles. The molecule has 5 heteroatoms. The summed E-state index contributed by atoms with van der Waals surface area (Å²) in [6, 6.07) is 4.56. The normalized spacial score (nSPS) is 13.2. The predicted molar refractivity (Wildman–Crippen MR) is 81.0 cm³/mol. The van der Waals surface area contributed by atoms with Gasteiger partial charge in [0.25, 0.3) is 0 Å². The van der Waals surface area contributed by atoms with Gasteiger partial charge in [0.1, 0.15) is 24.3 Å². The highest BCUT2D eigenvalue weighted by atomic mass is 19.1. The first kappa shape index (κ1) is 17.9. The molecule has 2 N–H and O–H groups in total. The molecule has 0 saturated carbocycles. The van der Waals surface area contributed by atoms with E-state index in [1.807, 2.05) is 27.7 Å². The summed E-state index contributed by atoms with van der Waals surface area (Å²) < 4.78 is 24.1. The zero-order valence-corrected chi connectivity index (χ0v) is 13.3. The molecule has 1 rings (SSSR count). The summed E-state index contributed by atoms with van der Waals surface area (Å²) in [6.45, 7) is 9.39. The van der Waals surface area contributed by atoms with Crippen LogP contribution in [0.2, 0.25) is 0 Å². The summed E-state index contributed by atoms with van der Waals surface area (Å²) in [6.07, 6.45) is -0.718. The highest BCUT2D eigenvalue weighted by Crippen LogP contribution is 2.17. The van der Waals surface area contributed by atoms with E-state index in [2.05, 4.69) is 5.32 Å². The van der Waals surface area contributed by atoms with E-state index in [0.717, 1.165) is 5.56 Å². The summed E-state index contributed by atoms with van der Waals surface area (Å²) in [5.74, 6) is 0.0637. The van der Waals surface area contributed by atoms with Crippen molar-refractivity contribution >= 4 is 0 Å². The second-order valence-corrected chi connectivity index (χ2v) is 6.02. The van der Waals surface area contributed by atoms with Crippen molar-refractivity contribution in [3.8, 4) is 5.75 Å². The van der Waals surface area contributed by atoms with Gasteiger partial charge in [-0.15, -0.1) is 0 Å². The number of halogens is 1. The van der Waals surface area contributed by atoms with Crippen molar-refractivity contribution in [2.75, 3.05) is 19.8 Å². The fourth-order valence-electron chi connectivity index (χ4n) is 1.67. The van der Waals surface area contributed by atoms with Gasteiger partial charge in [0.05, 0.1) is 6.61 Å². The molecular formula is C16H26FNO3. The number of rotatable bonds is 8. The van der Waals surface area contributed by atoms with Crippen LogP contribution >= 0.6 is 0 Å². The second-order valence-electron chi connectivity index (χ2n) is 6.02. The smallest absolute Gasteiger partial charge is 0.127 e. The predicted octanol–water partition coefficient (Wildman–Crippen LogP) is 2.49. The Morgan fingerprint density at radius 2 is 1.95 bits per heavy atom. The Kier molecular flexibility index (Phi) is 7.08. The van der Waals surface area contributed by atoms with Crippen molar-refractivity contribution in [1.82, 2.24) is 5.32 Å². The van der Waals surface area contributed by atoms with Gasteiger partial charge in [0, 0.05) is 24.8 Å². The van der Waals surface area contributed by atoms with E-state index in [1.54, 1.807) is 6.07 Å². The minimum Gasteiger partial charge on any atom is -0.491 e. The molecule has 0 amide bonds. The molecule has 0 heterocycles. The van der Waals surface area contributed by atoms with Crippen molar-refractivity contribution in [1.29, 1.82) is 0 Å². The summed E-state index contributed by atoms with van der Waals surface area (Å²) in [5, 5.41) is 12.9. The van der Waals surface area contributed by atoms with Crippen LogP contribution < -0.4 is 10.1 Å². The second kappa shape index (κ2) is 8.32. The highest BCUT2D eigenvalue weighted by Gasteiger charge is 2.10. The topological polar surface area (TPSA) is 50.7 Å². The molecule has 1 aromatic rings. The Morgan fingerprint density at radius 1 is 1.24 bits per heavy atom. The Morgan fingerprint density at radius 3 is 2.57 bits per heavy atom. The Balaban J connectivity index is 2.56. The van der Waals surface area contributed by atoms with Gasteiger partial charge in [-0.1, -0.05) is 0 Å². The first-order chi connectivity index (χ1) is 9.80. The van der Waals surface area contributed by atoms with Crippen LogP contribution in [-0.4, -0.2) is 36.6 Å². The van der Waals surface area contributed by atoms with E-state index >= 15 is 0 Å². The van der Waals surface area contributed by atoms with Gasteiger partial charge in [-0.25, -0.2) is 4.39 Å². The molecule has 120 valence electrons. The molecule has 0 fully saturated rings. The quantitative estimate of drug-likeness (QED) is 0.774.